The monoisotopic (exact) mass is 424 g/mol. The van der Waals surface area contributed by atoms with E-state index in [1.807, 2.05) is 22.4 Å². The zero-order chi connectivity index (χ0) is 21.1. The number of aromatic nitrogens is 2. The number of unbranched alkanes of at least 4 members (excludes halogenated alkanes) is 1. The van der Waals surface area contributed by atoms with Crippen molar-refractivity contribution in [2.75, 3.05) is 24.5 Å². The average molecular weight is 425 g/mol. The summed E-state index contributed by atoms with van der Waals surface area (Å²) in [6, 6.07) is 8.15. The number of fused-ring (bicyclic) bond motifs is 1. The van der Waals surface area contributed by atoms with Gasteiger partial charge in [-0.05, 0) is 37.3 Å². The van der Waals surface area contributed by atoms with Gasteiger partial charge in [-0.1, -0.05) is 37.6 Å². The number of H-pyrrole nitrogens is 1. The fourth-order valence-electron chi connectivity index (χ4n) is 4.05. The first kappa shape index (κ1) is 20.6. The molecule has 2 N–H and O–H groups in total. The molecular formula is C23H28N4O2S. The Labute approximate surface area is 180 Å². The van der Waals surface area contributed by atoms with Crippen molar-refractivity contribution in [2.24, 2.45) is 5.92 Å². The van der Waals surface area contributed by atoms with Crippen LogP contribution in [0, 0.1) is 12.8 Å². The zero-order valence-corrected chi connectivity index (χ0v) is 18.3. The predicted octanol–water partition coefficient (Wildman–Crippen LogP) is 4.09. The molecular weight excluding hydrogens is 396 g/mol. The molecule has 1 aliphatic heterocycles. The van der Waals surface area contributed by atoms with Gasteiger partial charge >= 0.3 is 0 Å². The molecule has 1 aliphatic rings. The van der Waals surface area contributed by atoms with E-state index in [0.29, 0.717) is 17.2 Å². The maximum atomic E-state index is 12.8. The second kappa shape index (κ2) is 9.00. The number of piperidine rings is 1. The van der Waals surface area contributed by atoms with Gasteiger partial charge in [0, 0.05) is 30.6 Å². The molecule has 1 amide bonds. The number of hydrogen-bond acceptors (Lipinski definition) is 5. The van der Waals surface area contributed by atoms with E-state index in [-0.39, 0.29) is 17.4 Å². The third-order valence-corrected chi connectivity index (χ3v) is 6.74. The number of aryl methyl sites for hydroxylation is 1. The Hall–Kier alpha value is -2.67. The van der Waals surface area contributed by atoms with Crippen LogP contribution in [0.4, 0.5) is 5.95 Å². The molecule has 1 saturated heterocycles. The molecule has 158 valence electrons. The lowest BCUT2D eigenvalue weighted by molar-refractivity contribution is -0.125. The van der Waals surface area contributed by atoms with Gasteiger partial charge in [0.25, 0.3) is 5.56 Å². The van der Waals surface area contributed by atoms with Crippen molar-refractivity contribution in [1.82, 2.24) is 15.3 Å². The molecule has 1 unspecified atom stereocenters. The molecule has 6 nitrogen and oxygen atoms in total. The normalized spacial score (nSPS) is 16.7. The first-order valence-corrected chi connectivity index (χ1v) is 11.6. The van der Waals surface area contributed by atoms with Crippen LogP contribution in [-0.2, 0) is 4.79 Å². The minimum absolute atomic E-state index is 0.0741. The van der Waals surface area contributed by atoms with E-state index in [0.717, 1.165) is 61.0 Å². The number of benzene rings is 1. The van der Waals surface area contributed by atoms with Crippen molar-refractivity contribution in [3.05, 3.63) is 45.6 Å². The van der Waals surface area contributed by atoms with Crippen LogP contribution in [-0.4, -0.2) is 35.5 Å². The molecule has 2 aromatic heterocycles. The van der Waals surface area contributed by atoms with E-state index in [4.69, 9.17) is 4.98 Å². The summed E-state index contributed by atoms with van der Waals surface area (Å²) < 4.78 is 0.642. The summed E-state index contributed by atoms with van der Waals surface area (Å²) in [5.74, 6) is 0.592. The number of anilines is 1. The van der Waals surface area contributed by atoms with Gasteiger partial charge < -0.3 is 10.2 Å². The van der Waals surface area contributed by atoms with Gasteiger partial charge in [0.1, 0.15) is 4.70 Å². The van der Waals surface area contributed by atoms with Gasteiger partial charge in [0.15, 0.2) is 0 Å². The maximum absolute atomic E-state index is 12.8. The third kappa shape index (κ3) is 4.12. The lowest BCUT2D eigenvalue weighted by Gasteiger charge is -2.32. The number of rotatable bonds is 6. The second-order valence-corrected chi connectivity index (χ2v) is 8.84. The molecule has 3 heterocycles. The fraction of sp³-hybridized carbons (Fsp3) is 0.435. The highest BCUT2D eigenvalue weighted by atomic mass is 32.1. The van der Waals surface area contributed by atoms with Crippen LogP contribution in [0.3, 0.4) is 0 Å². The summed E-state index contributed by atoms with van der Waals surface area (Å²) in [6.45, 7) is 6.27. The molecule has 30 heavy (non-hydrogen) atoms. The van der Waals surface area contributed by atoms with Crippen molar-refractivity contribution in [3.63, 3.8) is 0 Å². The summed E-state index contributed by atoms with van der Waals surface area (Å²) in [5.41, 5.74) is 3.87. The van der Waals surface area contributed by atoms with Crippen molar-refractivity contribution >= 4 is 33.4 Å². The lowest BCUT2D eigenvalue weighted by atomic mass is 9.97. The van der Waals surface area contributed by atoms with Crippen LogP contribution in [0.2, 0.25) is 0 Å². The van der Waals surface area contributed by atoms with E-state index >= 15 is 0 Å². The standard InChI is InChI=1S/C23H28N4O2S/c1-3-4-11-24-21(28)16-9-7-12-27(13-16)23-25-19-18(14-30-20(19)22(29)26-23)17-10-6-5-8-15(17)2/h5-6,8,10,14,16H,3-4,7,9,11-13H2,1-2H3,(H,24,28)(H,25,26,29). The quantitative estimate of drug-likeness (QED) is 0.584. The molecule has 1 fully saturated rings. The number of hydrogen-bond donors (Lipinski definition) is 2. The Morgan fingerprint density at radius 3 is 2.97 bits per heavy atom. The third-order valence-electron chi connectivity index (χ3n) is 5.77. The molecule has 1 aromatic carbocycles. The van der Waals surface area contributed by atoms with Crippen LogP contribution < -0.4 is 15.8 Å². The highest BCUT2D eigenvalue weighted by Gasteiger charge is 2.27. The van der Waals surface area contributed by atoms with Crippen molar-refractivity contribution in [2.45, 2.75) is 39.5 Å². The van der Waals surface area contributed by atoms with Gasteiger partial charge in [-0.15, -0.1) is 11.3 Å². The van der Waals surface area contributed by atoms with Crippen LogP contribution in [0.5, 0.6) is 0 Å². The number of nitrogens with one attached hydrogen (secondary N) is 2. The number of carbonyl (C=O) groups is 1. The van der Waals surface area contributed by atoms with Gasteiger partial charge in [-0.3, -0.25) is 14.6 Å². The minimum atomic E-state index is -0.116. The SMILES string of the molecule is CCCCNC(=O)C1CCCN(c2nc3c(-c4ccccc4C)csc3c(=O)[nH]2)C1. The summed E-state index contributed by atoms with van der Waals surface area (Å²) in [4.78, 5) is 35.2. The lowest BCUT2D eigenvalue weighted by Crippen LogP contribution is -2.44. The molecule has 0 radical (unpaired) electrons. The van der Waals surface area contributed by atoms with Crippen LogP contribution in [0.15, 0.2) is 34.4 Å². The van der Waals surface area contributed by atoms with E-state index in [1.165, 1.54) is 11.3 Å². The summed E-state index contributed by atoms with van der Waals surface area (Å²) in [6.07, 6.45) is 3.83. The number of aromatic amines is 1. The van der Waals surface area contributed by atoms with Crippen molar-refractivity contribution in [1.29, 1.82) is 0 Å². The van der Waals surface area contributed by atoms with E-state index in [9.17, 15) is 9.59 Å². The Balaban J connectivity index is 1.63. The van der Waals surface area contributed by atoms with E-state index in [1.54, 1.807) is 0 Å². The van der Waals surface area contributed by atoms with Gasteiger partial charge in [-0.25, -0.2) is 4.98 Å². The number of nitrogens with zero attached hydrogens (tertiary/aromatic N) is 2. The number of amides is 1. The molecule has 0 aliphatic carbocycles. The summed E-state index contributed by atoms with van der Waals surface area (Å²) >= 11 is 1.43. The Morgan fingerprint density at radius 1 is 1.33 bits per heavy atom. The number of thiophene rings is 1. The van der Waals surface area contributed by atoms with Crippen molar-refractivity contribution in [3.8, 4) is 11.1 Å². The van der Waals surface area contributed by atoms with Gasteiger partial charge in [0.05, 0.1) is 11.4 Å². The first-order chi connectivity index (χ1) is 14.6. The van der Waals surface area contributed by atoms with Crippen LogP contribution in [0.1, 0.15) is 38.2 Å². The molecule has 3 aromatic rings. The molecule has 0 bridgehead atoms. The molecule has 1 atom stereocenters. The molecule has 0 saturated carbocycles. The Bertz CT molecular complexity index is 1100. The smallest absolute Gasteiger partial charge is 0.270 e. The van der Waals surface area contributed by atoms with Crippen molar-refractivity contribution < 1.29 is 4.79 Å². The van der Waals surface area contributed by atoms with E-state index in [2.05, 4.69) is 36.3 Å². The molecule has 4 rings (SSSR count). The Kier molecular flexibility index (Phi) is 6.18. The van der Waals surface area contributed by atoms with Crippen LogP contribution in [0.25, 0.3) is 21.3 Å². The summed E-state index contributed by atoms with van der Waals surface area (Å²) in [7, 11) is 0. The molecule has 0 spiro atoms. The average Bonchev–Trinajstić information content (AvgIpc) is 3.19. The highest BCUT2D eigenvalue weighted by molar-refractivity contribution is 7.17. The first-order valence-electron chi connectivity index (χ1n) is 10.7. The molecule has 7 heteroatoms. The maximum Gasteiger partial charge on any atom is 0.270 e. The van der Waals surface area contributed by atoms with Crippen LogP contribution >= 0.6 is 11.3 Å². The predicted molar refractivity (Wildman–Crippen MR) is 123 cm³/mol. The second-order valence-electron chi connectivity index (χ2n) is 7.96. The summed E-state index contributed by atoms with van der Waals surface area (Å²) in [5, 5.41) is 5.06. The number of carbonyl (C=O) groups excluding carboxylic acids is 1. The van der Waals surface area contributed by atoms with Gasteiger partial charge in [-0.2, -0.15) is 0 Å². The van der Waals surface area contributed by atoms with Gasteiger partial charge in [0.2, 0.25) is 11.9 Å². The zero-order valence-electron chi connectivity index (χ0n) is 17.5. The topological polar surface area (TPSA) is 78.1 Å². The minimum Gasteiger partial charge on any atom is -0.356 e. The largest absolute Gasteiger partial charge is 0.356 e. The van der Waals surface area contributed by atoms with E-state index < -0.39 is 0 Å². The fourth-order valence-corrected chi connectivity index (χ4v) is 4.95. The highest BCUT2D eigenvalue weighted by Crippen LogP contribution is 2.33. The Morgan fingerprint density at radius 2 is 2.17 bits per heavy atom.